The van der Waals surface area contributed by atoms with Crippen molar-refractivity contribution in [3.05, 3.63) is 24.3 Å². The molecule has 0 atom stereocenters. The number of carbonyl (C=O) groups is 1. The molecule has 0 radical (unpaired) electrons. The first-order valence-corrected chi connectivity index (χ1v) is 5.78. The molecule has 1 heteroatoms. The molecule has 0 unspecified atom stereocenters. The zero-order valence-corrected chi connectivity index (χ0v) is 10.5. The summed E-state index contributed by atoms with van der Waals surface area (Å²) in [5.41, 5.74) is -0.172. The zero-order chi connectivity index (χ0) is 11.7. The molecule has 0 aliphatic heterocycles. The summed E-state index contributed by atoms with van der Waals surface area (Å²) in [5.74, 6) is 0.365. The highest BCUT2D eigenvalue weighted by atomic mass is 16.1. The summed E-state index contributed by atoms with van der Waals surface area (Å²) in [4.78, 5) is 11.6. The third kappa shape index (κ3) is 8.17. The highest BCUT2D eigenvalue weighted by Crippen LogP contribution is 2.18. The minimum Gasteiger partial charge on any atom is -0.299 e. The second kappa shape index (κ2) is 7.44. The standard InChI is InChI=1S/C14H24O/c1-5-6-7-8-9-10-11-12-13(15)14(2,3)4/h5-6,8-9H,7,10-12H2,1-4H3/b6-5-,9-8-. The van der Waals surface area contributed by atoms with Gasteiger partial charge >= 0.3 is 0 Å². The maximum atomic E-state index is 11.6. The van der Waals surface area contributed by atoms with Crippen molar-refractivity contribution in [2.24, 2.45) is 5.41 Å². The van der Waals surface area contributed by atoms with E-state index >= 15 is 0 Å². The third-order valence-electron chi connectivity index (χ3n) is 2.29. The maximum Gasteiger partial charge on any atom is 0.138 e. The first kappa shape index (κ1) is 14.2. The van der Waals surface area contributed by atoms with E-state index in [9.17, 15) is 4.79 Å². The van der Waals surface area contributed by atoms with Crippen molar-refractivity contribution >= 4 is 5.78 Å². The normalized spacial score (nSPS) is 12.8. The van der Waals surface area contributed by atoms with Crippen molar-refractivity contribution < 1.29 is 4.79 Å². The van der Waals surface area contributed by atoms with E-state index in [1.165, 1.54) is 0 Å². The van der Waals surface area contributed by atoms with Crippen LogP contribution in [0.5, 0.6) is 0 Å². The van der Waals surface area contributed by atoms with Crippen LogP contribution in [-0.4, -0.2) is 5.78 Å². The van der Waals surface area contributed by atoms with Gasteiger partial charge in [0.15, 0.2) is 0 Å². The van der Waals surface area contributed by atoms with Crippen LogP contribution in [0.1, 0.15) is 53.4 Å². The van der Waals surface area contributed by atoms with Gasteiger partial charge in [-0.25, -0.2) is 0 Å². The van der Waals surface area contributed by atoms with Gasteiger partial charge in [-0.15, -0.1) is 0 Å². The minimum absolute atomic E-state index is 0.172. The molecular formula is C14H24O. The van der Waals surface area contributed by atoms with Crippen molar-refractivity contribution in [3.8, 4) is 0 Å². The number of hydrogen-bond donors (Lipinski definition) is 0. The third-order valence-corrected chi connectivity index (χ3v) is 2.29. The largest absolute Gasteiger partial charge is 0.299 e. The van der Waals surface area contributed by atoms with Crippen molar-refractivity contribution in [2.45, 2.75) is 53.4 Å². The number of allylic oxidation sites excluding steroid dienone is 4. The minimum atomic E-state index is -0.172. The number of rotatable bonds is 6. The van der Waals surface area contributed by atoms with Gasteiger partial charge in [-0.2, -0.15) is 0 Å². The van der Waals surface area contributed by atoms with Crippen molar-refractivity contribution in [2.75, 3.05) is 0 Å². The van der Waals surface area contributed by atoms with Gasteiger partial charge in [0.1, 0.15) is 5.78 Å². The molecule has 0 N–H and O–H groups in total. The Bertz CT molecular complexity index is 228. The lowest BCUT2D eigenvalue weighted by molar-refractivity contribution is -0.126. The summed E-state index contributed by atoms with van der Waals surface area (Å²) >= 11 is 0. The van der Waals surface area contributed by atoms with Gasteiger partial charge in [0, 0.05) is 11.8 Å². The molecular weight excluding hydrogens is 184 g/mol. The molecule has 0 aliphatic carbocycles. The Morgan fingerprint density at radius 3 is 2.33 bits per heavy atom. The highest BCUT2D eigenvalue weighted by molar-refractivity contribution is 5.83. The Labute approximate surface area is 94.3 Å². The average Bonchev–Trinajstić information content (AvgIpc) is 2.14. The van der Waals surface area contributed by atoms with E-state index in [0.717, 1.165) is 19.3 Å². The van der Waals surface area contributed by atoms with E-state index in [-0.39, 0.29) is 5.41 Å². The molecule has 0 bridgehead atoms. The van der Waals surface area contributed by atoms with E-state index in [4.69, 9.17) is 0 Å². The summed E-state index contributed by atoms with van der Waals surface area (Å²) in [6.07, 6.45) is 12.2. The molecule has 0 spiro atoms. The average molecular weight is 208 g/mol. The van der Waals surface area contributed by atoms with Crippen molar-refractivity contribution in [1.29, 1.82) is 0 Å². The number of unbranched alkanes of at least 4 members (excludes halogenated alkanes) is 1. The predicted molar refractivity (Wildman–Crippen MR) is 66.9 cm³/mol. The SMILES string of the molecule is C/C=C\C/C=C\CCCC(=O)C(C)(C)C. The number of carbonyl (C=O) groups excluding carboxylic acids is 1. The highest BCUT2D eigenvalue weighted by Gasteiger charge is 2.19. The Kier molecular flexibility index (Phi) is 7.02. The molecule has 0 aliphatic rings. The molecule has 0 heterocycles. The van der Waals surface area contributed by atoms with E-state index in [1.54, 1.807) is 0 Å². The van der Waals surface area contributed by atoms with E-state index < -0.39 is 0 Å². The van der Waals surface area contributed by atoms with Crippen LogP contribution < -0.4 is 0 Å². The maximum absolute atomic E-state index is 11.6. The van der Waals surface area contributed by atoms with E-state index in [2.05, 4.69) is 18.2 Å². The van der Waals surface area contributed by atoms with Crippen LogP contribution in [0.3, 0.4) is 0 Å². The smallest absolute Gasteiger partial charge is 0.138 e. The number of ketones is 1. The predicted octanol–water partition coefficient (Wildman–Crippen LogP) is 4.29. The molecule has 86 valence electrons. The van der Waals surface area contributed by atoms with Gasteiger partial charge in [-0.3, -0.25) is 4.79 Å². The molecule has 15 heavy (non-hydrogen) atoms. The molecule has 1 nitrogen and oxygen atoms in total. The Hall–Kier alpha value is -0.850. The lowest BCUT2D eigenvalue weighted by atomic mass is 9.88. The Balaban J connectivity index is 3.55. The summed E-state index contributed by atoms with van der Waals surface area (Å²) in [7, 11) is 0. The first-order chi connectivity index (χ1) is 6.98. The van der Waals surface area contributed by atoms with Crippen LogP contribution in [0.4, 0.5) is 0 Å². The molecule has 0 saturated carbocycles. The van der Waals surface area contributed by atoms with Crippen LogP contribution in [0.25, 0.3) is 0 Å². The van der Waals surface area contributed by atoms with Crippen LogP contribution in [-0.2, 0) is 4.79 Å². The molecule has 0 saturated heterocycles. The van der Waals surface area contributed by atoms with Crippen molar-refractivity contribution in [3.63, 3.8) is 0 Å². The molecule has 0 aromatic rings. The summed E-state index contributed by atoms with van der Waals surface area (Å²) in [6, 6.07) is 0. The molecule has 0 amide bonds. The Morgan fingerprint density at radius 2 is 1.80 bits per heavy atom. The topological polar surface area (TPSA) is 17.1 Å². The van der Waals surface area contributed by atoms with Crippen LogP contribution in [0, 0.1) is 5.41 Å². The zero-order valence-electron chi connectivity index (χ0n) is 10.5. The Morgan fingerprint density at radius 1 is 1.13 bits per heavy atom. The van der Waals surface area contributed by atoms with Gasteiger partial charge in [0.25, 0.3) is 0 Å². The summed E-state index contributed by atoms with van der Waals surface area (Å²) in [6.45, 7) is 7.97. The fraction of sp³-hybridized carbons (Fsp3) is 0.643. The van der Waals surface area contributed by atoms with E-state index in [1.807, 2.05) is 33.8 Å². The molecule has 0 aromatic heterocycles. The monoisotopic (exact) mass is 208 g/mol. The lowest BCUT2D eigenvalue weighted by Gasteiger charge is -2.15. The fourth-order valence-electron chi connectivity index (χ4n) is 1.18. The van der Waals surface area contributed by atoms with Gasteiger partial charge in [-0.05, 0) is 26.2 Å². The van der Waals surface area contributed by atoms with Crippen LogP contribution in [0.15, 0.2) is 24.3 Å². The second-order valence-electron chi connectivity index (χ2n) is 4.84. The van der Waals surface area contributed by atoms with Gasteiger partial charge < -0.3 is 0 Å². The van der Waals surface area contributed by atoms with Gasteiger partial charge in [0.2, 0.25) is 0 Å². The molecule has 0 rings (SSSR count). The quantitative estimate of drug-likeness (QED) is 0.470. The first-order valence-electron chi connectivity index (χ1n) is 5.78. The molecule has 0 fully saturated rings. The van der Waals surface area contributed by atoms with E-state index in [0.29, 0.717) is 12.2 Å². The second-order valence-corrected chi connectivity index (χ2v) is 4.84. The molecule has 0 aromatic carbocycles. The summed E-state index contributed by atoms with van der Waals surface area (Å²) in [5, 5.41) is 0. The summed E-state index contributed by atoms with van der Waals surface area (Å²) < 4.78 is 0. The number of Topliss-reactive ketones (excluding diaryl/α,β-unsaturated/α-hetero) is 1. The van der Waals surface area contributed by atoms with Crippen LogP contribution >= 0.6 is 0 Å². The van der Waals surface area contributed by atoms with Crippen LogP contribution in [0.2, 0.25) is 0 Å². The lowest BCUT2D eigenvalue weighted by Crippen LogP contribution is -2.19. The fourth-order valence-corrected chi connectivity index (χ4v) is 1.18. The van der Waals surface area contributed by atoms with Gasteiger partial charge in [0.05, 0.1) is 0 Å². The van der Waals surface area contributed by atoms with Crippen molar-refractivity contribution in [1.82, 2.24) is 0 Å². The van der Waals surface area contributed by atoms with Gasteiger partial charge in [-0.1, -0.05) is 45.1 Å². The number of hydrogen-bond acceptors (Lipinski definition) is 1.